The summed E-state index contributed by atoms with van der Waals surface area (Å²) in [6.07, 6.45) is 0.405. The van der Waals surface area contributed by atoms with E-state index >= 15 is 0 Å². The first-order valence-electron chi connectivity index (χ1n) is 4.66. The molecule has 1 aliphatic rings. The Balaban J connectivity index is 2.46. The average Bonchev–Trinajstić information content (AvgIpc) is 2.67. The van der Waals surface area contributed by atoms with Gasteiger partial charge >= 0.3 is 5.97 Å². The van der Waals surface area contributed by atoms with Crippen molar-refractivity contribution in [2.45, 2.75) is 12.3 Å². The number of carbonyl (C=O) groups is 1. The van der Waals surface area contributed by atoms with Crippen LogP contribution in [0.1, 0.15) is 23.5 Å². The first-order chi connectivity index (χ1) is 7.27. The highest BCUT2D eigenvalue weighted by atomic mass is 16.5. The molecule has 0 spiro atoms. The lowest BCUT2D eigenvalue weighted by Crippen LogP contribution is -2.11. The van der Waals surface area contributed by atoms with Gasteiger partial charge in [-0.25, -0.2) is 0 Å². The van der Waals surface area contributed by atoms with Crippen molar-refractivity contribution < 1.29 is 14.7 Å². The van der Waals surface area contributed by atoms with Gasteiger partial charge in [0, 0.05) is 12.0 Å². The van der Waals surface area contributed by atoms with Crippen molar-refractivity contribution in [1.82, 2.24) is 0 Å². The molecule has 1 N–H and O–H groups in total. The predicted molar refractivity (Wildman–Crippen MR) is 54.1 cm³/mol. The minimum Gasteiger partial charge on any atom is -0.469 e. The number of hydrogen-bond donors (Lipinski definition) is 1. The van der Waals surface area contributed by atoms with Crippen LogP contribution in [0.3, 0.4) is 0 Å². The Morgan fingerprint density at radius 1 is 1.53 bits per heavy atom. The Bertz CT molecular complexity index is 426. The monoisotopic (exact) mass is 205 g/mol. The smallest absolute Gasteiger partial charge is 0.313 e. The number of carbonyl (C=O) groups excluding carboxylic acids is 1. The van der Waals surface area contributed by atoms with Crippen molar-refractivity contribution in [1.29, 1.82) is 0 Å². The molecule has 0 unspecified atom stereocenters. The number of oxime groups is 1. The van der Waals surface area contributed by atoms with Gasteiger partial charge in [0.25, 0.3) is 0 Å². The number of methoxy groups -OCH3 is 1. The molecule has 0 fully saturated rings. The quantitative estimate of drug-likeness (QED) is 0.429. The fourth-order valence-electron chi connectivity index (χ4n) is 1.92. The van der Waals surface area contributed by atoms with Crippen LogP contribution in [-0.4, -0.2) is 24.0 Å². The Morgan fingerprint density at radius 3 is 2.93 bits per heavy atom. The molecule has 0 radical (unpaired) electrons. The minimum atomic E-state index is -0.336. The first kappa shape index (κ1) is 9.71. The number of benzene rings is 1. The first-order valence-corrected chi connectivity index (χ1v) is 4.66. The van der Waals surface area contributed by atoms with Crippen LogP contribution in [0.4, 0.5) is 0 Å². The van der Waals surface area contributed by atoms with Gasteiger partial charge < -0.3 is 9.94 Å². The number of ether oxygens (including phenoxy) is 1. The lowest BCUT2D eigenvalue weighted by molar-refractivity contribution is -0.142. The summed E-state index contributed by atoms with van der Waals surface area (Å²) in [4.78, 5) is 11.5. The summed E-state index contributed by atoms with van der Waals surface area (Å²) in [5.74, 6) is -0.627. The maximum atomic E-state index is 11.5. The molecule has 1 aliphatic carbocycles. The Kier molecular flexibility index (Phi) is 2.41. The van der Waals surface area contributed by atoms with Gasteiger partial charge in [-0.15, -0.1) is 0 Å². The van der Waals surface area contributed by atoms with Crippen molar-refractivity contribution in [2.75, 3.05) is 7.11 Å². The van der Waals surface area contributed by atoms with Crippen LogP contribution in [0.25, 0.3) is 0 Å². The van der Waals surface area contributed by atoms with Gasteiger partial charge in [-0.05, 0) is 5.56 Å². The van der Waals surface area contributed by atoms with Crippen LogP contribution in [0.5, 0.6) is 0 Å². The summed E-state index contributed by atoms with van der Waals surface area (Å²) in [5, 5.41) is 12.0. The molecule has 4 nitrogen and oxygen atoms in total. The van der Waals surface area contributed by atoms with Gasteiger partial charge in [-0.3, -0.25) is 4.79 Å². The van der Waals surface area contributed by atoms with E-state index in [9.17, 15) is 4.79 Å². The number of rotatable bonds is 1. The summed E-state index contributed by atoms with van der Waals surface area (Å²) in [6.45, 7) is 0. The minimum absolute atomic E-state index is 0.291. The normalized spacial score (nSPS) is 21.4. The van der Waals surface area contributed by atoms with Crippen LogP contribution >= 0.6 is 0 Å². The molecule has 0 heterocycles. The largest absolute Gasteiger partial charge is 0.469 e. The summed E-state index contributed by atoms with van der Waals surface area (Å²) in [7, 11) is 1.36. The number of nitrogens with zero attached hydrogens (tertiary/aromatic N) is 1. The van der Waals surface area contributed by atoms with E-state index in [0.29, 0.717) is 12.1 Å². The van der Waals surface area contributed by atoms with E-state index in [2.05, 4.69) is 5.16 Å². The van der Waals surface area contributed by atoms with Gasteiger partial charge in [0.2, 0.25) is 0 Å². The molecule has 0 saturated heterocycles. The van der Waals surface area contributed by atoms with Gasteiger partial charge in [0.15, 0.2) is 0 Å². The Hall–Kier alpha value is -1.84. The molecule has 0 saturated carbocycles. The topological polar surface area (TPSA) is 58.9 Å². The lowest BCUT2D eigenvalue weighted by Gasteiger charge is -2.06. The standard InChI is InChI=1S/C11H11NO3/c1-15-11(13)9-6-10(12-14)8-5-3-2-4-7(8)9/h2-5,9,14H,6H2,1H3/t9-/m1/s1. The molecular formula is C11H11NO3. The van der Waals surface area contributed by atoms with E-state index in [0.717, 1.165) is 11.1 Å². The van der Waals surface area contributed by atoms with Crippen molar-refractivity contribution in [3.05, 3.63) is 35.4 Å². The highest BCUT2D eigenvalue weighted by molar-refractivity contribution is 6.08. The van der Waals surface area contributed by atoms with E-state index in [4.69, 9.17) is 9.94 Å². The van der Waals surface area contributed by atoms with Crippen LogP contribution in [0.2, 0.25) is 0 Å². The molecular weight excluding hydrogens is 194 g/mol. The zero-order valence-corrected chi connectivity index (χ0v) is 8.30. The SMILES string of the molecule is COC(=O)[C@@H]1CC(=NO)c2ccccc21. The zero-order valence-electron chi connectivity index (χ0n) is 8.30. The zero-order chi connectivity index (χ0) is 10.8. The summed E-state index contributed by atoms with van der Waals surface area (Å²) in [6, 6.07) is 7.40. The third-order valence-corrected chi connectivity index (χ3v) is 2.65. The van der Waals surface area contributed by atoms with Gasteiger partial charge in [-0.2, -0.15) is 0 Å². The molecule has 0 aromatic heterocycles. The third-order valence-electron chi connectivity index (χ3n) is 2.65. The molecule has 1 atom stereocenters. The van der Waals surface area contributed by atoms with Crippen LogP contribution in [0, 0.1) is 0 Å². The Labute approximate surface area is 87.2 Å². The van der Waals surface area contributed by atoms with Crippen molar-refractivity contribution in [2.24, 2.45) is 5.16 Å². The van der Waals surface area contributed by atoms with Crippen molar-refractivity contribution in [3.8, 4) is 0 Å². The summed E-state index contributed by atoms with van der Waals surface area (Å²) in [5.41, 5.74) is 2.24. The highest BCUT2D eigenvalue weighted by Crippen LogP contribution is 2.33. The van der Waals surface area contributed by atoms with E-state index < -0.39 is 0 Å². The van der Waals surface area contributed by atoms with E-state index in [-0.39, 0.29) is 11.9 Å². The van der Waals surface area contributed by atoms with Crippen LogP contribution in [0.15, 0.2) is 29.4 Å². The molecule has 4 heteroatoms. The molecule has 1 aromatic rings. The second kappa shape index (κ2) is 3.73. The Morgan fingerprint density at radius 2 is 2.27 bits per heavy atom. The fraction of sp³-hybridized carbons (Fsp3) is 0.273. The summed E-state index contributed by atoms with van der Waals surface area (Å²) < 4.78 is 4.71. The second-order valence-corrected chi connectivity index (χ2v) is 3.41. The van der Waals surface area contributed by atoms with Gasteiger partial charge in [-0.1, -0.05) is 29.4 Å². The summed E-state index contributed by atoms with van der Waals surface area (Å²) >= 11 is 0. The maximum absolute atomic E-state index is 11.5. The third kappa shape index (κ3) is 1.48. The van der Waals surface area contributed by atoms with Gasteiger partial charge in [0.05, 0.1) is 18.7 Å². The number of fused-ring (bicyclic) bond motifs is 1. The molecule has 0 bridgehead atoms. The van der Waals surface area contributed by atoms with Crippen LogP contribution < -0.4 is 0 Å². The number of esters is 1. The average molecular weight is 205 g/mol. The highest BCUT2D eigenvalue weighted by Gasteiger charge is 2.33. The molecule has 0 amide bonds. The molecule has 15 heavy (non-hydrogen) atoms. The van der Waals surface area contributed by atoms with Gasteiger partial charge in [0.1, 0.15) is 0 Å². The molecule has 2 rings (SSSR count). The fourth-order valence-corrected chi connectivity index (χ4v) is 1.92. The van der Waals surface area contributed by atoms with Crippen molar-refractivity contribution in [3.63, 3.8) is 0 Å². The van der Waals surface area contributed by atoms with Crippen LogP contribution in [-0.2, 0) is 9.53 Å². The lowest BCUT2D eigenvalue weighted by atomic mass is 10.0. The van der Waals surface area contributed by atoms with Crippen molar-refractivity contribution >= 4 is 11.7 Å². The number of hydrogen-bond acceptors (Lipinski definition) is 4. The maximum Gasteiger partial charge on any atom is 0.313 e. The van der Waals surface area contributed by atoms with E-state index in [1.165, 1.54) is 7.11 Å². The van der Waals surface area contributed by atoms with E-state index in [1.54, 1.807) is 0 Å². The second-order valence-electron chi connectivity index (χ2n) is 3.41. The van der Waals surface area contributed by atoms with E-state index in [1.807, 2.05) is 24.3 Å². The molecule has 1 aromatic carbocycles. The predicted octanol–water partition coefficient (Wildman–Crippen LogP) is 1.53. The molecule has 78 valence electrons. The molecule has 0 aliphatic heterocycles.